The van der Waals surface area contributed by atoms with Gasteiger partial charge in [-0.05, 0) is 46.0 Å². The monoisotopic (exact) mass is 323 g/mol. The number of nitrogens with one attached hydrogen (secondary N) is 2. The lowest BCUT2D eigenvalue weighted by atomic mass is 9.97. The molecule has 3 amide bonds. The Labute approximate surface area is 138 Å². The van der Waals surface area contributed by atoms with Gasteiger partial charge in [-0.2, -0.15) is 0 Å². The van der Waals surface area contributed by atoms with Crippen molar-refractivity contribution in [3.63, 3.8) is 0 Å². The first-order valence-electron chi connectivity index (χ1n) is 8.66. The van der Waals surface area contributed by atoms with Crippen LogP contribution < -0.4 is 10.6 Å². The highest BCUT2D eigenvalue weighted by Gasteiger charge is 2.24. The lowest BCUT2D eigenvalue weighted by Crippen LogP contribution is -2.51. The molecule has 1 saturated heterocycles. The zero-order chi connectivity index (χ0) is 16.7. The number of ether oxygens (including phenoxy) is 1. The Hall–Kier alpha value is -1.40. The fourth-order valence-corrected chi connectivity index (χ4v) is 3.30. The topological polar surface area (TPSA) is 70.7 Å². The van der Waals surface area contributed by atoms with E-state index >= 15 is 0 Å². The number of carbonyl (C=O) groups is 2. The van der Waals surface area contributed by atoms with Crippen LogP contribution in [-0.4, -0.2) is 55.2 Å². The molecule has 2 rings (SSSR count). The zero-order valence-corrected chi connectivity index (χ0v) is 14.3. The van der Waals surface area contributed by atoms with Gasteiger partial charge in [0.1, 0.15) is 0 Å². The van der Waals surface area contributed by atoms with Gasteiger partial charge in [-0.1, -0.05) is 11.6 Å². The van der Waals surface area contributed by atoms with Crippen LogP contribution in [-0.2, 0) is 9.53 Å². The fraction of sp³-hybridized carbons (Fsp3) is 0.765. The largest absolute Gasteiger partial charge is 0.373 e. The summed E-state index contributed by atoms with van der Waals surface area (Å²) in [6.45, 7) is 6.23. The number of morpholine rings is 1. The summed E-state index contributed by atoms with van der Waals surface area (Å²) in [5, 5.41) is 5.16. The van der Waals surface area contributed by atoms with Crippen LogP contribution >= 0.6 is 0 Å². The minimum absolute atomic E-state index is 0.115. The van der Waals surface area contributed by atoms with Crippen molar-refractivity contribution in [2.45, 2.75) is 58.2 Å². The molecular formula is C17H29N3O3. The van der Waals surface area contributed by atoms with Gasteiger partial charge in [-0.15, -0.1) is 0 Å². The molecule has 0 spiro atoms. The minimum Gasteiger partial charge on any atom is -0.373 e. The molecule has 0 aromatic carbocycles. The summed E-state index contributed by atoms with van der Waals surface area (Å²) in [4.78, 5) is 25.7. The van der Waals surface area contributed by atoms with Crippen molar-refractivity contribution < 1.29 is 14.3 Å². The Morgan fingerprint density at radius 2 is 2.00 bits per heavy atom. The molecule has 0 bridgehead atoms. The highest BCUT2D eigenvalue weighted by atomic mass is 16.5. The average Bonchev–Trinajstić information content (AvgIpc) is 2.47. The van der Waals surface area contributed by atoms with Crippen molar-refractivity contribution in [3.05, 3.63) is 11.6 Å². The molecule has 2 atom stereocenters. The Morgan fingerprint density at radius 1 is 1.26 bits per heavy atom. The second-order valence-corrected chi connectivity index (χ2v) is 6.61. The van der Waals surface area contributed by atoms with E-state index in [-0.39, 0.29) is 24.7 Å². The smallest absolute Gasteiger partial charge is 0.321 e. The van der Waals surface area contributed by atoms with Gasteiger partial charge in [0.15, 0.2) is 0 Å². The molecule has 0 aromatic heterocycles. The molecule has 0 aromatic rings. The van der Waals surface area contributed by atoms with E-state index in [2.05, 4.69) is 16.7 Å². The van der Waals surface area contributed by atoms with Crippen molar-refractivity contribution in [3.8, 4) is 0 Å². The van der Waals surface area contributed by atoms with Gasteiger partial charge in [-0.3, -0.25) is 15.0 Å². The van der Waals surface area contributed by atoms with Crippen LogP contribution in [0.4, 0.5) is 4.79 Å². The van der Waals surface area contributed by atoms with Crippen molar-refractivity contribution in [1.82, 2.24) is 15.5 Å². The summed E-state index contributed by atoms with van der Waals surface area (Å²) < 4.78 is 5.63. The molecule has 130 valence electrons. The van der Waals surface area contributed by atoms with Gasteiger partial charge in [0.2, 0.25) is 5.91 Å². The van der Waals surface area contributed by atoms with E-state index in [1.165, 1.54) is 18.4 Å². The Kier molecular flexibility index (Phi) is 7.05. The highest BCUT2D eigenvalue weighted by molar-refractivity contribution is 5.95. The number of amides is 3. The fourth-order valence-electron chi connectivity index (χ4n) is 3.30. The van der Waals surface area contributed by atoms with Gasteiger partial charge < -0.3 is 10.1 Å². The molecule has 0 saturated carbocycles. The normalized spacial score (nSPS) is 25.6. The molecular weight excluding hydrogens is 294 g/mol. The van der Waals surface area contributed by atoms with E-state index in [4.69, 9.17) is 4.74 Å². The van der Waals surface area contributed by atoms with E-state index in [1.807, 2.05) is 18.7 Å². The lowest BCUT2D eigenvalue weighted by molar-refractivity contribution is -0.124. The number of urea groups is 1. The van der Waals surface area contributed by atoms with Gasteiger partial charge in [0.25, 0.3) is 0 Å². The molecule has 0 radical (unpaired) electrons. The number of carbonyl (C=O) groups excluding carboxylic acids is 2. The first-order chi connectivity index (χ1) is 11.0. The second kappa shape index (κ2) is 9.03. The highest BCUT2D eigenvalue weighted by Crippen LogP contribution is 2.19. The molecule has 1 fully saturated rings. The van der Waals surface area contributed by atoms with Crippen LogP contribution in [0.5, 0.6) is 0 Å². The van der Waals surface area contributed by atoms with E-state index in [0.717, 1.165) is 19.3 Å². The van der Waals surface area contributed by atoms with Crippen molar-refractivity contribution in [2.75, 3.05) is 26.2 Å². The number of hydrogen-bond donors (Lipinski definition) is 2. The van der Waals surface area contributed by atoms with Crippen LogP contribution in [0.2, 0.25) is 0 Å². The molecule has 2 aliphatic rings. The third-order valence-corrected chi connectivity index (χ3v) is 4.23. The van der Waals surface area contributed by atoms with Crippen LogP contribution in [0, 0.1) is 0 Å². The third-order valence-electron chi connectivity index (χ3n) is 4.23. The number of rotatable bonds is 5. The SMILES string of the molecule is C[C@@H]1CN(CC(=O)NC(=O)NCCC2=CCCCC2)C[C@H](C)O1. The van der Waals surface area contributed by atoms with E-state index in [0.29, 0.717) is 19.6 Å². The van der Waals surface area contributed by atoms with Crippen molar-refractivity contribution in [2.24, 2.45) is 0 Å². The molecule has 6 nitrogen and oxygen atoms in total. The molecule has 1 aliphatic carbocycles. The van der Waals surface area contributed by atoms with Gasteiger partial charge in [-0.25, -0.2) is 4.79 Å². The molecule has 1 aliphatic heterocycles. The first kappa shape index (κ1) is 17.9. The maximum atomic E-state index is 11.9. The number of hydrogen-bond acceptors (Lipinski definition) is 4. The van der Waals surface area contributed by atoms with E-state index in [9.17, 15) is 9.59 Å². The third kappa shape index (κ3) is 6.71. The standard InChI is InChI=1S/C17H29N3O3/c1-13-10-20(11-14(2)23-13)12-16(21)19-17(22)18-9-8-15-6-4-3-5-7-15/h6,13-14H,3-5,7-12H2,1-2H3,(H2,18,19,21,22)/t13-,14+. The summed E-state index contributed by atoms with van der Waals surface area (Å²) in [5.74, 6) is -0.263. The van der Waals surface area contributed by atoms with Crippen LogP contribution in [0.15, 0.2) is 11.6 Å². The summed E-state index contributed by atoms with van der Waals surface area (Å²) in [5.41, 5.74) is 1.42. The summed E-state index contributed by atoms with van der Waals surface area (Å²) in [6.07, 6.45) is 8.17. The molecule has 1 heterocycles. The number of imide groups is 1. The quantitative estimate of drug-likeness (QED) is 0.757. The van der Waals surface area contributed by atoms with Gasteiger partial charge >= 0.3 is 6.03 Å². The molecule has 0 unspecified atom stereocenters. The maximum Gasteiger partial charge on any atom is 0.321 e. The molecule has 2 N–H and O–H groups in total. The summed E-state index contributed by atoms with van der Waals surface area (Å²) >= 11 is 0. The van der Waals surface area contributed by atoms with Crippen molar-refractivity contribution >= 4 is 11.9 Å². The average molecular weight is 323 g/mol. The second-order valence-electron chi connectivity index (χ2n) is 6.61. The Morgan fingerprint density at radius 3 is 2.65 bits per heavy atom. The number of allylic oxidation sites excluding steroid dienone is 1. The van der Waals surface area contributed by atoms with E-state index < -0.39 is 6.03 Å². The van der Waals surface area contributed by atoms with Crippen LogP contribution in [0.1, 0.15) is 46.0 Å². The van der Waals surface area contributed by atoms with Crippen molar-refractivity contribution in [1.29, 1.82) is 0 Å². The van der Waals surface area contributed by atoms with Gasteiger partial charge in [0.05, 0.1) is 18.8 Å². The van der Waals surface area contributed by atoms with E-state index in [1.54, 1.807) is 0 Å². The molecule has 23 heavy (non-hydrogen) atoms. The lowest BCUT2D eigenvalue weighted by Gasteiger charge is -2.34. The zero-order valence-electron chi connectivity index (χ0n) is 14.3. The summed E-state index contributed by atoms with van der Waals surface area (Å²) in [7, 11) is 0. The maximum absolute atomic E-state index is 11.9. The number of nitrogens with zero attached hydrogens (tertiary/aromatic N) is 1. The van der Waals surface area contributed by atoms with Crippen LogP contribution in [0.3, 0.4) is 0 Å². The Balaban J connectivity index is 1.62. The predicted octanol–water partition coefficient (Wildman–Crippen LogP) is 1.81. The van der Waals surface area contributed by atoms with Gasteiger partial charge in [0, 0.05) is 19.6 Å². The first-order valence-corrected chi connectivity index (χ1v) is 8.66. The molecule has 6 heteroatoms. The van der Waals surface area contributed by atoms with Crippen LogP contribution in [0.25, 0.3) is 0 Å². The Bertz CT molecular complexity index is 440. The summed E-state index contributed by atoms with van der Waals surface area (Å²) in [6, 6.07) is -0.402. The minimum atomic E-state index is -0.402. The predicted molar refractivity (Wildman–Crippen MR) is 89.2 cm³/mol.